The molecule has 13 aromatic rings. The number of fused-ring (bicyclic) bond motifs is 8. The van der Waals surface area contributed by atoms with Gasteiger partial charge >= 0.3 is 0 Å². The van der Waals surface area contributed by atoms with Gasteiger partial charge in [-0.1, -0.05) is 206 Å². The summed E-state index contributed by atoms with van der Waals surface area (Å²) in [4.78, 5) is 2.42. The third kappa shape index (κ3) is 6.34. The molecule has 0 aliphatic rings. The van der Waals surface area contributed by atoms with E-state index in [0.717, 1.165) is 61.3 Å². The summed E-state index contributed by atoms with van der Waals surface area (Å²) in [5.41, 5.74) is 14.5. The Morgan fingerprint density at radius 3 is 1.56 bits per heavy atom. The zero-order chi connectivity index (χ0) is 43.6. The zero-order valence-corrected chi connectivity index (χ0v) is 36.0. The number of anilines is 3. The summed E-state index contributed by atoms with van der Waals surface area (Å²) in [6, 6.07) is 90.4. The third-order valence-corrected chi connectivity index (χ3v) is 13.4. The molecule has 0 radical (unpaired) electrons. The minimum atomic E-state index is 0.911. The van der Waals surface area contributed by atoms with Crippen molar-refractivity contribution in [2.75, 3.05) is 4.90 Å². The highest BCUT2D eigenvalue weighted by Crippen LogP contribution is 2.45. The Hall–Kier alpha value is -8.72. The van der Waals surface area contributed by atoms with Crippen LogP contribution in [-0.2, 0) is 0 Å². The molecule has 2 heteroatoms. The van der Waals surface area contributed by atoms with Gasteiger partial charge in [0.25, 0.3) is 0 Å². The highest BCUT2D eigenvalue weighted by Gasteiger charge is 2.20. The van der Waals surface area contributed by atoms with Crippen LogP contribution in [0.4, 0.5) is 17.1 Å². The van der Waals surface area contributed by atoms with Gasteiger partial charge in [-0.05, 0) is 119 Å². The van der Waals surface area contributed by atoms with E-state index in [1.165, 1.54) is 65.3 Å². The van der Waals surface area contributed by atoms with Gasteiger partial charge < -0.3 is 9.32 Å². The molecule has 0 bridgehead atoms. The molecule has 2 nitrogen and oxygen atoms in total. The van der Waals surface area contributed by atoms with Crippen molar-refractivity contribution in [1.82, 2.24) is 0 Å². The lowest BCUT2D eigenvalue weighted by Crippen LogP contribution is -2.10. The lowest BCUT2D eigenvalue weighted by atomic mass is 9.89. The van der Waals surface area contributed by atoms with Crippen molar-refractivity contribution in [1.29, 1.82) is 0 Å². The molecule has 0 atom stereocenters. The van der Waals surface area contributed by atoms with Crippen molar-refractivity contribution in [3.63, 3.8) is 0 Å². The molecule has 0 N–H and O–H groups in total. The molecule has 0 fully saturated rings. The van der Waals surface area contributed by atoms with Crippen molar-refractivity contribution < 1.29 is 4.42 Å². The van der Waals surface area contributed by atoms with Crippen molar-refractivity contribution in [2.45, 2.75) is 0 Å². The molecule has 1 heterocycles. The summed E-state index contributed by atoms with van der Waals surface area (Å²) in [5.74, 6) is 0. The van der Waals surface area contributed by atoms with Crippen LogP contribution in [0.3, 0.4) is 0 Å². The molecule has 0 aliphatic heterocycles. The standard InChI is InChI=1S/C64H41NO/c1-2-14-48-40-50(29-26-42(48)12-1)55-39-34-45-13-3-6-17-54(45)63(55)47-32-37-52(38-33-47)65(61-41-49-15-4-5-16-53(49)57-18-7-8-19-58(57)61)51-35-30-44(31-36-51)43-24-27-46(28-25-43)56-21-11-22-60-59-20-9-10-23-62(59)66-64(56)60/h1-41H. The first-order valence-corrected chi connectivity index (χ1v) is 22.7. The predicted molar refractivity (Wildman–Crippen MR) is 280 cm³/mol. The van der Waals surface area contributed by atoms with E-state index >= 15 is 0 Å². The molecule has 0 spiro atoms. The Kier molecular flexibility index (Phi) is 8.89. The van der Waals surface area contributed by atoms with E-state index in [2.05, 4.69) is 241 Å². The maximum absolute atomic E-state index is 6.39. The highest BCUT2D eigenvalue weighted by atomic mass is 16.3. The molecular formula is C64H41NO. The fourth-order valence-electron chi connectivity index (χ4n) is 10.2. The van der Waals surface area contributed by atoms with Gasteiger partial charge in [0.1, 0.15) is 11.2 Å². The summed E-state index contributed by atoms with van der Waals surface area (Å²) >= 11 is 0. The third-order valence-electron chi connectivity index (χ3n) is 13.4. The molecule has 12 aromatic carbocycles. The average molecular weight is 840 g/mol. The fourth-order valence-corrected chi connectivity index (χ4v) is 10.2. The minimum absolute atomic E-state index is 0.911. The average Bonchev–Trinajstić information content (AvgIpc) is 3.78. The first-order valence-electron chi connectivity index (χ1n) is 22.7. The smallest absolute Gasteiger partial charge is 0.143 e. The van der Waals surface area contributed by atoms with E-state index in [-0.39, 0.29) is 0 Å². The summed E-state index contributed by atoms with van der Waals surface area (Å²) in [7, 11) is 0. The fraction of sp³-hybridized carbons (Fsp3) is 0. The molecule has 308 valence electrons. The van der Waals surface area contributed by atoms with Crippen LogP contribution < -0.4 is 4.90 Å². The Balaban J connectivity index is 0.917. The number of para-hydroxylation sites is 2. The van der Waals surface area contributed by atoms with Gasteiger partial charge in [-0.25, -0.2) is 0 Å². The van der Waals surface area contributed by atoms with Gasteiger partial charge in [-0.3, -0.25) is 0 Å². The van der Waals surface area contributed by atoms with Crippen LogP contribution in [0.5, 0.6) is 0 Å². The lowest BCUT2D eigenvalue weighted by Gasteiger charge is -2.28. The lowest BCUT2D eigenvalue weighted by molar-refractivity contribution is 0.670. The number of benzene rings is 12. The highest BCUT2D eigenvalue weighted by molar-refractivity contribution is 6.15. The second kappa shape index (κ2) is 15.5. The Bertz CT molecular complexity index is 3970. The summed E-state index contributed by atoms with van der Waals surface area (Å²) in [6.07, 6.45) is 0. The number of hydrogen-bond acceptors (Lipinski definition) is 2. The number of nitrogens with zero attached hydrogens (tertiary/aromatic N) is 1. The molecule has 0 amide bonds. The predicted octanol–water partition coefficient (Wildman–Crippen LogP) is 18.3. The van der Waals surface area contributed by atoms with Gasteiger partial charge in [0.2, 0.25) is 0 Å². The Morgan fingerprint density at radius 2 is 0.803 bits per heavy atom. The minimum Gasteiger partial charge on any atom is -0.455 e. The van der Waals surface area contributed by atoms with Crippen LogP contribution in [0.15, 0.2) is 253 Å². The summed E-state index contributed by atoms with van der Waals surface area (Å²) in [5, 5.41) is 12.1. The first kappa shape index (κ1) is 37.8. The van der Waals surface area contributed by atoms with E-state index in [1.807, 2.05) is 12.1 Å². The molecule has 0 aliphatic carbocycles. The molecule has 1 aromatic heterocycles. The van der Waals surface area contributed by atoms with Crippen LogP contribution >= 0.6 is 0 Å². The maximum atomic E-state index is 6.39. The van der Waals surface area contributed by atoms with Crippen LogP contribution in [-0.4, -0.2) is 0 Å². The second-order valence-electron chi connectivity index (χ2n) is 17.2. The normalized spacial score (nSPS) is 11.6. The monoisotopic (exact) mass is 839 g/mol. The van der Waals surface area contributed by atoms with Gasteiger partial charge in [-0.15, -0.1) is 0 Å². The second-order valence-corrected chi connectivity index (χ2v) is 17.2. The van der Waals surface area contributed by atoms with Crippen LogP contribution in [0.25, 0.3) is 110 Å². The quantitative estimate of drug-likeness (QED) is 0.149. The van der Waals surface area contributed by atoms with Gasteiger partial charge in [0, 0.05) is 33.1 Å². The van der Waals surface area contributed by atoms with Gasteiger partial charge in [0.15, 0.2) is 0 Å². The topological polar surface area (TPSA) is 16.4 Å². The van der Waals surface area contributed by atoms with Crippen LogP contribution in [0, 0.1) is 0 Å². The van der Waals surface area contributed by atoms with Gasteiger partial charge in [-0.2, -0.15) is 0 Å². The van der Waals surface area contributed by atoms with Crippen molar-refractivity contribution >= 4 is 82.1 Å². The van der Waals surface area contributed by atoms with Crippen LogP contribution in [0.1, 0.15) is 0 Å². The Labute approximate surface area is 382 Å². The molecule has 13 rings (SSSR count). The largest absolute Gasteiger partial charge is 0.455 e. The summed E-state index contributed by atoms with van der Waals surface area (Å²) in [6.45, 7) is 0. The molecule has 0 saturated carbocycles. The maximum Gasteiger partial charge on any atom is 0.143 e. The summed E-state index contributed by atoms with van der Waals surface area (Å²) < 4.78 is 6.39. The zero-order valence-electron chi connectivity index (χ0n) is 36.0. The number of rotatable bonds is 7. The first-order chi connectivity index (χ1) is 32.7. The van der Waals surface area contributed by atoms with E-state index in [0.29, 0.717) is 0 Å². The van der Waals surface area contributed by atoms with Gasteiger partial charge in [0.05, 0.1) is 5.69 Å². The SMILES string of the molecule is c1ccc2cc(-c3ccc4ccccc4c3-c3ccc(N(c4ccc(-c5ccc(-c6cccc7c6oc6ccccc67)cc5)cc4)c4cc5ccccc5c5ccccc45)cc3)ccc2c1. The van der Waals surface area contributed by atoms with Crippen molar-refractivity contribution in [3.05, 3.63) is 249 Å². The van der Waals surface area contributed by atoms with E-state index < -0.39 is 0 Å². The van der Waals surface area contributed by atoms with E-state index in [9.17, 15) is 0 Å². The van der Waals surface area contributed by atoms with Crippen molar-refractivity contribution in [3.8, 4) is 44.5 Å². The molecule has 66 heavy (non-hydrogen) atoms. The van der Waals surface area contributed by atoms with Crippen molar-refractivity contribution in [2.24, 2.45) is 0 Å². The molecule has 0 saturated heterocycles. The van der Waals surface area contributed by atoms with E-state index in [4.69, 9.17) is 4.42 Å². The number of furan rings is 1. The Morgan fingerprint density at radius 1 is 0.273 bits per heavy atom. The molecule has 0 unspecified atom stereocenters. The number of hydrogen-bond donors (Lipinski definition) is 0. The molecular weight excluding hydrogens is 799 g/mol. The van der Waals surface area contributed by atoms with E-state index in [1.54, 1.807) is 0 Å². The van der Waals surface area contributed by atoms with Crippen LogP contribution in [0.2, 0.25) is 0 Å².